The highest BCUT2D eigenvalue weighted by Crippen LogP contribution is 2.38. The third-order valence-corrected chi connectivity index (χ3v) is 16.3. The van der Waals surface area contributed by atoms with Crippen molar-refractivity contribution < 1.29 is 67.7 Å². The minimum Gasteiger partial charge on any atom is -0.491 e. The van der Waals surface area contributed by atoms with E-state index in [-0.39, 0.29) is 60.9 Å². The fourth-order valence-electron chi connectivity index (χ4n) is 11.3. The third kappa shape index (κ3) is 17.3. The van der Waals surface area contributed by atoms with Crippen LogP contribution in [0.3, 0.4) is 0 Å². The number of nitrogens with one attached hydrogen (secondary N) is 1. The van der Waals surface area contributed by atoms with E-state index in [1.54, 1.807) is 41.1 Å². The molecule has 4 N–H and O–H groups in total. The summed E-state index contributed by atoms with van der Waals surface area (Å²) >= 11 is 0. The number of methoxy groups -OCH3 is 3. The van der Waals surface area contributed by atoms with E-state index in [0.717, 1.165) is 11.1 Å². The molecule has 0 aromatic heterocycles. The van der Waals surface area contributed by atoms with Gasteiger partial charge in [-0.3, -0.25) is 19.2 Å². The maximum Gasteiger partial charge on any atom is 0.329 e. The van der Waals surface area contributed by atoms with Crippen LogP contribution in [0.1, 0.15) is 131 Å². The monoisotopic (exact) mass is 1060 g/mol. The molecule has 1 saturated carbocycles. The Kier molecular flexibility index (Phi) is 24.7. The Labute approximate surface area is 452 Å². The zero-order valence-electron chi connectivity index (χ0n) is 46.9. The Bertz CT molecular complexity index is 2210. The van der Waals surface area contributed by atoms with Gasteiger partial charge in [0.2, 0.25) is 5.79 Å². The van der Waals surface area contributed by atoms with Gasteiger partial charge in [-0.05, 0) is 125 Å². The van der Waals surface area contributed by atoms with Crippen LogP contribution < -0.4 is 10.1 Å². The predicted molar refractivity (Wildman–Crippen MR) is 289 cm³/mol. The molecule has 5 rings (SSSR count). The highest BCUT2D eigenvalue weighted by molar-refractivity contribution is 6.39. The quantitative estimate of drug-likeness (QED) is 0.0697. The van der Waals surface area contributed by atoms with E-state index in [2.05, 4.69) is 5.32 Å². The number of carbonyl (C=O) groups excluding carboxylic acids is 5. The van der Waals surface area contributed by atoms with E-state index in [1.165, 1.54) is 12.0 Å². The number of allylic oxidation sites excluding steroid dienone is 6. The molecule has 15 atom stereocenters. The van der Waals surface area contributed by atoms with Crippen molar-refractivity contribution in [3.05, 3.63) is 77.4 Å². The average molecular weight is 1060 g/mol. The molecule has 16 heteroatoms. The van der Waals surface area contributed by atoms with Crippen molar-refractivity contribution in [2.24, 2.45) is 35.5 Å². The fraction of sp³-hybridized carbons (Fsp3) is 0.683. The lowest BCUT2D eigenvalue weighted by Crippen LogP contribution is -2.61. The van der Waals surface area contributed by atoms with Crippen LogP contribution in [0.25, 0.3) is 0 Å². The number of cyclic esters (lactones) is 1. The summed E-state index contributed by atoms with van der Waals surface area (Å²) in [5, 5.41) is 38.0. The van der Waals surface area contributed by atoms with Crippen LogP contribution >= 0.6 is 0 Å². The zero-order chi connectivity index (χ0) is 55.7. The number of aliphatic hydroxyl groups excluding tert-OH is 2. The van der Waals surface area contributed by atoms with Gasteiger partial charge in [0, 0.05) is 64.6 Å². The van der Waals surface area contributed by atoms with Gasteiger partial charge >= 0.3 is 5.97 Å². The first kappa shape index (κ1) is 62.5. The molecule has 0 unspecified atom stereocenters. The van der Waals surface area contributed by atoms with Crippen LogP contribution in [0.2, 0.25) is 0 Å². The van der Waals surface area contributed by atoms with E-state index in [9.17, 15) is 39.3 Å². The maximum atomic E-state index is 14.6. The molecule has 1 aromatic carbocycles. The van der Waals surface area contributed by atoms with Crippen molar-refractivity contribution in [2.45, 2.75) is 187 Å². The molecule has 3 fully saturated rings. The van der Waals surface area contributed by atoms with Crippen LogP contribution in [0.5, 0.6) is 5.75 Å². The van der Waals surface area contributed by atoms with Crippen molar-refractivity contribution in [2.75, 3.05) is 41.1 Å². The van der Waals surface area contributed by atoms with Crippen molar-refractivity contribution in [1.82, 2.24) is 10.2 Å². The molecule has 1 aromatic rings. The number of rotatable bonds is 12. The number of fused-ring (bicyclic) bond motifs is 3. The molecule has 16 nitrogen and oxygen atoms in total. The number of piperidine rings is 1. The summed E-state index contributed by atoms with van der Waals surface area (Å²) in [6, 6.07) is 6.29. The molecule has 1 aliphatic carbocycles. The summed E-state index contributed by atoms with van der Waals surface area (Å²) in [6.45, 7) is 14.2. The standard InChI is InChI=1S/C60H90N2O14/c1-37-17-12-11-13-18-38(2)48(61-36-45-19-16-20-46(32-45)74-28-27-71-8)34-47-24-22-43(7)60(70,76-47)57(67)58(68)62-26-15-14-21-49(62)59(69)75-52(40(4)31-44-23-25-50(63)53(33-44)72-9)35-51(64)39(3)30-42(6)55(66)56(73-10)54(65)41(5)29-37/h11-13,16-20,30,32,37,39-41,43-44,47-50,52-53,55-56,61,63,66,70H,14-15,21-29,31,33-36H2,1-10H3/b13-11?,17-12+,38-18?,42-30+/t37-,39-,40-,41-,43-,44+,47+,48+,49+,50-,52+,53-,55-,56+,60-/m1/s1. The predicted octanol–water partition coefficient (Wildman–Crippen LogP) is 7.35. The largest absolute Gasteiger partial charge is 0.491 e. The molecule has 2 bridgehead atoms. The molecule has 2 saturated heterocycles. The fourth-order valence-corrected chi connectivity index (χ4v) is 11.3. The zero-order valence-corrected chi connectivity index (χ0v) is 46.9. The SMILES string of the molecule is COCCOc1cccc(CN[C@H]2C[C@@H]3CC[C@@H](C)[C@@](O)(O3)C(=O)C(=O)N3CCCC[C@H]3C(=O)O[C@H]([C@H](C)C[C@@H]3CC[C@@H](O)[C@H](OC)C3)CC(=O)[C@H](C)/C=C(\C)[C@@H](O)[C@@H](OC)C(=O)[C@H](C)C[C@H](C)/C=C/C=CC=C2C)c1. The lowest BCUT2D eigenvalue weighted by Gasteiger charge is -2.43. The lowest BCUT2D eigenvalue weighted by molar-refractivity contribution is -0.264. The van der Waals surface area contributed by atoms with E-state index < -0.39 is 77.8 Å². The number of esters is 1. The minimum atomic E-state index is -2.47. The molecule has 4 aliphatic rings. The second kappa shape index (κ2) is 30.1. The van der Waals surface area contributed by atoms with E-state index in [1.807, 2.05) is 82.3 Å². The Morgan fingerprint density at radius 1 is 0.868 bits per heavy atom. The van der Waals surface area contributed by atoms with Crippen LogP contribution in [0, 0.1) is 35.5 Å². The Morgan fingerprint density at radius 3 is 2.36 bits per heavy atom. The summed E-state index contributed by atoms with van der Waals surface area (Å²) in [7, 11) is 4.57. The van der Waals surface area contributed by atoms with Gasteiger partial charge in [-0.25, -0.2) is 4.79 Å². The van der Waals surface area contributed by atoms with Crippen LogP contribution in [-0.2, 0) is 54.2 Å². The second-order valence-corrected chi connectivity index (χ2v) is 22.3. The highest BCUT2D eigenvalue weighted by Gasteiger charge is 2.53. The summed E-state index contributed by atoms with van der Waals surface area (Å²) in [6.07, 6.45) is 11.6. The van der Waals surface area contributed by atoms with Gasteiger partial charge < -0.3 is 54.0 Å². The summed E-state index contributed by atoms with van der Waals surface area (Å²) in [5.74, 6) is -7.45. The third-order valence-electron chi connectivity index (χ3n) is 16.3. The number of Topliss-reactive ketones (excluding diaryl/α,β-unsaturated/α-hetero) is 3. The number of hydrogen-bond donors (Lipinski definition) is 4. The first-order valence-electron chi connectivity index (χ1n) is 27.8. The molecule has 1 amide bonds. The Balaban J connectivity index is 1.49. The van der Waals surface area contributed by atoms with Gasteiger partial charge in [0.1, 0.15) is 42.5 Å². The number of nitrogens with zero attached hydrogens (tertiary/aromatic N) is 1. The van der Waals surface area contributed by atoms with Gasteiger partial charge in [0.25, 0.3) is 11.7 Å². The van der Waals surface area contributed by atoms with Crippen LogP contribution in [-0.4, -0.2) is 145 Å². The maximum absolute atomic E-state index is 14.6. The second-order valence-electron chi connectivity index (χ2n) is 22.3. The average Bonchev–Trinajstić information content (AvgIpc) is 3.40. The number of benzene rings is 1. The molecular weight excluding hydrogens is 973 g/mol. The van der Waals surface area contributed by atoms with E-state index in [4.69, 9.17) is 28.4 Å². The Morgan fingerprint density at radius 2 is 1.63 bits per heavy atom. The van der Waals surface area contributed by atoms with Gasteiger partial charge in [0.15, 0.2) is 5.78 Å². The molecule has 424 valence electrons. The molecule has 3 heterocycles. The van der Waals surface area contributed by atoms with Crippen molar-refractivity contribution in [1.29, 1.82) is 0 Å². The molecule has 3 aliphatic heterocycles. The molecule has 0 spiro atoms. The number of ether oxygens (including phenoxy) is 6. The first-order chi connectivity index (χ1) is 36.2. The molecule has 0 radical (unpaired) electrons. The topological polar surface area (TPSA) is 217 Å². The van der Waals surface area contributed by atoms with E-state index >= 15 is 0 Å². The van der Waals surface area contributed by atoms with Gasteiger partial charge in [0.05, 0.1) is 24.9 Å². The first-order valence-corrected chi connectivity index (χ1v) is 27.8. The lowest BCUT2D eigenvalue weighted by atomic mass is 9.78. The number of ketones is 3. The van der Waals surface area contributed by atoms with Gasteiger partial charge in [-0.15, -0.1) is 0 Å². The van der Waals surface area contributed by atoms with Crippen molar-refractivity contribution in [3.63, 3.8) is 0 Å². The number of aliphatic hydroxyl groups is 3. The van der Waals surface area contributed by atoms with E-state index in [0.29, 0.717) is 95.3 Å². The van der Waals surface area contributed by atoms with Gasteiger partial charge in [-0.1, -0.05) is 88.8 Å². The van der Waals surface area contributed by atoms with Crippen LogP contribution in [0.15, 0.2) is 71.9 Å². The number of amides is 1. The minimum absolute atomic E-state index is 0.00668. The molecular formula is C60H90N2O14. The van der Waals surface area contributed by atoms with Crippen molar-refractivity contribution in [3.8, 4) is 5.75 Å². The highest BCUT2D eigenvalue weighted by atomic mass is 16.6. The smallest absolute Gasteiger partial charge is 0.329 e. The number of carbonyl (C=O) groups is 5. The summed E-state index contributed by atoms with van der Waals surface area (Å²) < 4.78 is 34.9. The summed E-state index contributed by atoms with van der Waals surface area (Å²) in [5.41, 5.74) is 2.30. The number of hydrogen-bond acceptors (Lipinski definition) is 15. The molecule has 76 heavy (non-hydrogen) atoms. The normalized spacial score (nSPS) is 35.1. The van der Waals surface area contributed by atoms with Crippen LogP contribution in [0.4, 0.5) is 0 Å². The summed E-state index contributed by atoms with van der Waals surface area (Å²) in [4.78, 5) is 73.0. The van der Waals surface area contributed by atoms with Gasteiger partial charge in [-0.2, -0.15) is 0 Å². The Hall–Kier alpha value is -4.39. The van der Waals surface area contributed by atoms with Crippen molar-refractivity contribution >= 4 is 29.2 Å².